The van der Waals surface area contributed by atoms with E-state index in [0.29, 0.717) is 26.2 Å². The Bertz CT molecular complexity index is 519. The standard InChI is InChI=1S/C15H18N2O3/c18-14(19)7-11-5-6-16(8-11)15(20)17-9-12-3-1-2-4-13(12)10-17/h1-4,11H,5-10H2,(H,18,19). The molecular weight excluding hydrogens is 256 g/mol. The lowest BCUT2D eigenvalue weighted by Gasteiger charge is -2.24. The normalized spacial score (nSPS) is 21.1. The van der Waals surface area contributed by atoms with Crippen LogP contribution in [0.1, 0.15) is 24.0 Å². The average molecular weight is 274 g/mol. The highest BCUT2D eigenvalue weighted by Crippen LogP contribution is 2.26. The van der Waals surface area contributed by atoms with Crippen molar-refractivity contribution in [3.8, 4) is 0 Å². The zero-order valence-electron chi connectivity index (χ0n) is 11.3. The van der Waals surface area contributed by atoms with Gasteiger partial charge in [0.25, 0.3) is 0 Å². The van der Waals surface area contributed by atoms with Crippen LogP contribution in [0.4, 0.5) is 4.79 Å². The smallest absolute Gasteiger partial charge is 0.320 e. The number of carbonyl (C=O) groups excluding carboxylic acids is 1. The quantitative estimate of drug-likeness (QED) is 0.896. The number of amides is 2. The fourth-order valence-electron chi connectivity index (χ4n) is 3.09. The summed E-state index contributed by atoms with van der Waals surface area (Å²) in [7, 11) is 0. The molecule has 3 rings (SSSR count). The molecule has 2 aliphatic heterocycles. The van der Waals surface area contributed by atoms with Crippen molar-refractivity contribution in [1.82, 2.24) is 9.80 Å². The van der Waals surface area contributed by atoms with Crippen LogP contribution in [0.25, 0.3) is 0 Å². The van der Waals surface area contributed by atoms with Crippen molar-refractivity contribution in [3.63, 3.8) is 0 Å². The van der Waals surface area contributed by atoms with Gasteiger partial charge in [-0.05, 0) is 23.5 Å². The van der Waals surface area contributed by atoms with Crippen molar-refractivity contribution in [2.75, 3.05) is 13.1 Å². The SMILES string of the molecule is O=C(O)CC1CCN(C(=O)N2Cc3ccccc3C2)C1. The monoisotopic (exact) mass is 274 g/mol. The van der Waals surface area contributed by atoms with Gasteiger partial charge < -0.3 is 14.9 Å². The van der Waals surface area contributed by atoms with E-state index in [0.717, 1.165) is 6.42 Å². The van der Waals surface area contributed by atoms with Gasteiger partial charge in [-0.3, -0.25) is 4.79 Å². The van der Waals surface area contributed by atoms with Crippen molar-refractivity contribution in [3.05, 3.63) is 35.4 Å². The molecule has 1 saturated heterocycles. The second-order valence-electron chi connectivity index (χ2n) is 5.61. The molecule has 0 bridgehead atoms. The molecule has 0 aromatic heterocycles. The lowest BCUT2D eigenvalue weighted by molar-refractivity contribution is -0.138. The highest BCUT2D eigenvalue weighted by Gasteiger charge is 2.32. The highest BCUT2D eigenvalue weighted by molar-refractivity contribution is 5.76. The predicted octanol–water partition coefficient (Wildman–Crippen LogP) is 1.92. The first-order valence-corrected chi connectivity index (χ1v) is 6.96. The van der Waals surface area contributed by atoms with E-state index in [9.17, 15) is 9.59 Å². The van der Waals surface area contributed by atoms with Gasteiger partial charge in [-0.15, -0.1) is 0 Å². The number of hydrogen-bond acceptors (Lipinski definition) is 2. The van der Waals surface area contributed by atoms with Crippen LogP contribution in [0.15, 0.2) is 24.3 Å². The minimum atomic E-state index is -0.780. The fraction of sp³-hybridized carbons (Fsp3) is 0.467. The van der Waals surface area contributed by atoms with Gasteiger partial charge in [0.15, 0.2) is 0 Å². The molecule has 0 spiro atoms. The number of carboxylic acids is 1. The lowest BCUT2D eigenvalue weighted by Crippen LogP contribution is -2.39. The van der Waals surface area contributed by atoms with Crippen molar-refractivity contribution >= 4 is 12.0 Å². The highest BCUT2D eigenvalue weighted by atomic mass is 16.4. The Kier molecular flexibility index (Phi) is 3.34. The topological polar surface area (TPSA) is 60.9 Å². The van der Waals surface area contributed by atoms with Crippen LogP contribution in [-0.2, 0) is 17.9 Å². The van der Waals surface area contributed by atoms with Crippen LogP contribution in [0, 0.1) is 5.92 Å². The van der Waals surface area contributed by atoms with Crippen molar-refractivity contribution < 1.29 is 14.7 Å². The molecule has 1 aromatic rings. The summed E-state index contributed by atoms with van der Waals surface area (Å²) in [5.41, 5.74) is 2.42. The number of rotatable bonds is 2. The maximum atomic E-state index is 12.5. The van der Waals surface area contributed by atoms with E-state index in [-0.39, 0.29) is 18.4 Å². The minimum absolute atomic E-state index is 0.0362. The molecule has 2 heterocycles. The summed E-state index contributed by atoms with van der Waals surface area (Å²) in [6.07, 6.45) is 0.947. The number of likely N-dealkylation sites (tertiary alicyclic amines) is 1. The van der Waals surface area contributed by atoms with E-state index in [2.05, 4.69) is 12.1 Å². The molecule has 106 valence electrons. The Balaban J connectivity index is 1.60. The van der Waals surface area contributed by atoms with E-state index in [1.165, 1.54) is 11.1 Å². The summed E-state index contributed by atoms with van der Waals surface area (Å²) < 4.78 is 0. The maximum absolute atomic E-state index is 12.5. The molecule has 1 unspecified atom stereocenters. The Hall–Kier alpha value is -2.04. The fourth-order valence-corrected chi connectivity index (χ4v) is 3.09. The number of benzene rings is 1. The van der Waals surface area contributed by atoms with Gasteiger partial charge in [0, 0.05) is 32.6 Å². The lowest BCUT2D eigenvalue weighted by atomic mass is 10.1. The van der Waals surface area contributed by atoms with E-state index in [4.69, 9.17) is 5.11 Å². The summed E-state index contributed by atoms with van der Waals surface area (Å²) in [5, 5.41) is 8.81. The summed E-state index contributed by atoms with van der Waals surface area (Å²) in [6, 6.07) is 8.13. The molecule has 0 aliphatic carbocycles. The number of hydrogen-bond donors (Lipinski definition) is 1. The number of nitrogens with zero attached hydrogens (tertiary/aromatic N) is 2. The molecule has 2 aliphatic rings. The van der Waals surface area contributed by atoms with Crippen LogP contribution in [0.2, 0.25) is 0 Å². The predicted molar refractivity (Wildman–Crippen MR) is 73.0 cm³/mol. The largest absolute Gasteiger partial charge is 0.481 e. The summed E-state index contributed by atoms with van der Waals surface area (Å²) in [4.78, 5) is 26.8. The number of aliphatic carboxylic acids is 1. The van der Waals surface area contributed by atoms with Gasteiger partial charge in [0.05, 0.1) is 0 Å². The third-order valence-corrected chi connectivity index (χ3v) is 4.13. The molecule has 2 amide bonds. The third kappa shape index (κ3) is 2.48. The molecule has 1 aromatic carbocycles. The van der Waals surface area contributed by atoms with Gasteiger partial charge in [-0.1, -0.05) is 24.3 Å². The first-order chi connectivity index (χ1) is 9.63. The van der Waals surface area contributed by atoms with E-state index in [1.54, 1.807) is 4.90 Å². The molecule has 5 nitrogen and oxygen atoms in total. The van der Waals surface area contributed by atoms with Crippen LogP contribution in [0.5, 0.6) is 0 Å². The van der Waals surface area contributed by atoms with Crippen molar-refractivity contribution in [2.24, 2.45) is 5.92 Å². The molecule has 20 heavy (non-hydrogen) atoms. The zero-order valence-corrected chi connectivity index (χ0v) is 11.3. The molecule has 5 heteroatoms. The van der Waals surface area contributed by atoms with Gasteiger partial charge in [-0.2, -0.15) is 0 Å². The van der Waals surface area contributed by atoms with Gasteiger partial charge in [0.2, 0.25) is 0 Å². The van der Waals surface area contributed by atoms with Gasteiger partial charge in [0.1, 0.15) is 0 Å². The van der Waals surface area contributed by atoms with Gasteiger partial charge >= 0.3 is 12.0 Å². The van der Waals surface area contributed by atoms with Gasteiger partial charge in [-0.25, -0.2) is 4.79 Å². The molecule has 1 fully saturated rings. The number of urea groups is 1. The van der Waals surface area contributed by atoms with E-state index in [1.807, 2.05) is 17.0 Å². The number of carbonyl (C=O) groups is 2. The Morgan fingerprint density at radius 3 is 2.40 bits per heavy atom. The zero-order chi connectivity index (χ0) is 14.1. The molecule has 1 atom stereocenters. The Morgan fingerprint density at radius 2 is 1.80 bits per heavy atom. The summed E-state index contributed by atoms with van der Waals surface area (Å²) in [5.74, 6) is -0.681. The molecule has 0 radical (unpaired) electrons. The van der Waals surface area contributed by atoms with E-state index >= 15 is 0 Å². The molecule has 0 saturated carbocycles. The second kappa shape index (κ2) is 5.15. The van der Waals surface area contributed by atoms with Crippen LogP contribution < -0.4 is 0 Å². The van der Waals surface area contributed by atoms with Crippen LogP contribution in [-0.4, -0.2) is 40.0 Å². The second-order valence-corrected chi connectivity index (χ2v) is 5.61. The van der Waals surface area contributed by atoms with E-state index < -0.39 is 5.97 Å². The first-order valence-electron chi connectivity index (χ1n) is 6.96. The van der Waals surface area contributed by atoms with Crippen LogP contribution >= 0.6 is 0 Å². The average Bonchev–Trinajstić information content (AvgIpc) is 3.03. The van der Waals surface area contributed by atoms with Crippen molar-refractivity contribution in [2.45, 2.75) is 25.9 Å². The number of fused-ring (bicyclic) bond motifs is 1. The minimum Gasteiger partial charge on any atom is -0.481 e. The molecular formula is C15H18N2O3. The summed E-state index contributed by atoms with van der Waals surface area (Å²) in [6.45, 7) is 2.56. The third-order valence-electron chi connectivity index (χ3n) is 4.13. The summed E-state index contributed by atoms with van der Waals surface area (Å²) >= 11 is 0. The Morgan fingerprint density at radius 1 is 1.15 bits per heavy atom. The van der Waals surface area contributed by atoms with Crippen molar-refractivity contribution in [1.29, 1.82) is 0 Å². The Labute approximate surface area is 117 Å². The molecule has 1 N–H and O–H groups in total. The van der Waals surface area contributed by atoms with Crippen LogP contribution in [0.3, 0.4) is 0 Å². The first kappa shape index (κ1) is 13.0. The maximum Gasteiger partial charge on any atom is 0.320 e. The number of carboxylic acid groups (broad SMARTS) is 1.